The molecule has 5 heteroatoms. The van der Waals surface area contributed by atoms with E-state index >= 15 is 0 Å². The number of hydrogen-bond acceptors (Lipinski definition) is 3. The number of alkyl halides is 2. The Hall–Kier alpha value is -1.49. The summed E-state index contributed by atoms with van der Waals surface area (Å²) < 4.78 is 29.2. The number of carbonyl (C=O) groups is 1. The van der Waals surface area contributed by atoms with Gasteiger partial charge in [-0.25, -0.2) is 0 Å². The summed E-state index contributed by atoms with van der Waals surface area (Å²) in [4.78, 5) is 12.4. The number of rotatable bonds is 5. The van der Waals surface area contributed by atoms with Gasteiger partial charge in [0, 0.05) is 12.5 Å². The number of benzene rings is 1. The summed E-state index contributed by atoms with van der Waals surface area (Å²) in [6, 6.07) is 6.41. The first kappa shape index (κ1) is 14.4. The maximum Gasteiger partial charge on any atom is 0.387 e. The van der Waals surface area contributed by atoms with Crippen LogP contribution in [0.1, 0.15) is 36.0 Å². The Morgan fingerprint density at radius 3 is 2.95 bits per heavy atom. The van der Waals surface area contributed by atoms with E-state index in [0.29, 0.717) is 18.3 Å². The number of hydrogen-bond donors (Lipinski definition) is 1. The predicted molar refractivity (Wildman–Crippen MR) is 74.6 cm³/mol. The van der Waals surface area contributed by atoms with Gasteiger partial charge in [0.25, 0.3) is 0 Å². The van der Waals surface area contributed by atoms with Crippen LogP contribution in [0, 0.1) is 11.8 Å². The van der Waals surface area contributed by atoms with Gasteiger partial charge in [-0.3, -0.25) is 4.79 Å². The first-order valence-corrected chi connectivity index (χ1v) is 7.45. The predicted octanol–water partition coefficient (Wildman–Crippen LogP) is 3.25. The number of halogens is 2. The van der Waals surface area contributed by atoms with Gasteiger partial charge < -0.3 is 10.1 Å². The Labute approximate surface area is 122 Å². The van der Waals surface area contributed by atoms with Gasteiger partial charge in [0.2, 0.25) is 0 Å². The van der Waals surface area contributed by atoms with Gasteiger partial charge in [0.1, 0.15) is 5.75 Å². The molecule has 2 aliphatic rings. The number of nitrogens with one attached hydrogen (secondary N) is 1. The largest absolute Gasteiger partial charge is 0.434 e. The van der Waals surface area contributed by atoms with Gasteiger partial charge in [-0.15, -0.1) is 0 Å². The van der Waals surface area contributed by atoms with Gasteiger partial charge in [-0.05, 0) is 43.4 Å². The minimum atomic E-state index is -2.91. The highest BCUT2D eigenvalue weighted by Crippen LogP contribution is 2.39. The molecule has 0 bridgehead atoms. The number of carbonyl (C=O) groups excluding carboxylic acids is 1. The molecule has 1 aliphatic heterocycles. The summed E-state index contributed by atoms with van der Waals surface area (Å²) in [5, 5.41) is 3.41. The van der Waals surface area contributed by atoms with Crippen LogP contribution < -0.4 is 10.1 Å². The second kappa shape index (κ2) is 6.10. The molecule has 3 rings (SSSR count). The SMILES string of the molecule is O=C(CC1NCC2CCCC21)c1ccccc1OC(F)F. The van der Waals surface area contributed by atoms with Gasteiger partial charge >= 0.3 is 6.61 Å². The second-order valence-corrected chi connectivity index (χ2v) is 5.87. The molecule has 1 N–H and O–H groups in total. The molecule has 3 atom stereocenters. The summed E-state index contributed by atoms with van der Waals surface area (Å²) in [5.74, 6) is 1.07. The van der Waals surface area contributed by atoms with Crippen LogP contribution in [-0.4, -0.2) is 25.0 Å². The van der Waals surface area contributed by atoms with E-state index in [2.05, 4.69) is 10.1 Å². The van der Waals surface area contributed by atoms with Crippen molar-refractivity contribution in [3.05, 3.63) is 29.8 Å². The monoisotopic (exact) mass is 295 g/mol. The molecule has 1 aliphatic carbocycles. The van der Waals surface area contributed by atoms with Gasteiger partial charge in [0.05, 0.1) is 5.56 Å². The minimum Gasteiger partial charge on any atom is -0.434 e. The zero-order chi connectivity index (χ0) is 14.8. The van der Waals surface area contributed by atoms with E-state index in [4.69, 9.17) is 0 Å². The van der Waals surface area contributed by atoms with E-state index in [1.54, 1.807) is 18.2 Å². The molecule has 0 aromatic heterocycles. The van der Waals surface area contributed by atoms with Crippen molar-refractivity contribution in [3.63, 3.8) is 0 Å². The molecule has 0 radical (unpaired) electrons. The molecule has 0 spiro atoms. The standard InChI is InChI=1S/C16H19F2NO2/c17-16(18)21-15-7-2-1-5-12(15)14(20)8-13-11-6-3-4-10(11)9-19-13/h1-2,5,7,10-11,13,16,19H,3-4,6,8-9H2. The van der Waals surface area contributed by atoms with Crippen molar-refractivity contribution in [1.82, 2.24) is 5.32 Å². The first-order valence-electron chi connectivity index (χ1n) is 7.45. The highest BCUT2D eigenvalue weighted by molar-refractivity contribution is 5.99. The van der Waals surface area contributed by atoms with Crippen molar-refractivity contribution < 1.29 is 18.3 Å². The van der Waals surface area contributed by atoms with Gasteiger partial charge in [-0.1, -0.05) is 18.6 Å². The Bertz CT molecular complexity index is 521. The van der Waals surface area contributed by atoms with Crippen molar-refractivity contribution >= 4 is 5.78 Å². The fourth-order valence-electron chi connectivity index (χ4n) is 3.73. The van der Waals surface area contributed by atoms with E-state index in [0.717, 1.165) is 13.0 Å². The highest BCUT2D eigenvalue weighted by Gasteiger charge is 2.39. The summed E-state index contributed by atoms with van der Waals surface area (Å²) in [6.45, 7) is -1.94. The average molecular weight is 295 g/mol. The van der Waals surface area contributed by atoms with Crippen LogP contribution in [0.4, 0.5) is 8.78 Å². The molecule has 1 aromatic rings. The molecule has 21 heavy (non-hydrogen) atoms. The molecular weight excluding hydrogens is 276 g/mol. The van der Waals surface area contributed by atoms with Crippen LogP contribution in [0.25, 0.3) is 0 Å². The van der Waals surface area contributed by atoms with Crippen molar-refractivity contribution in [2.75, 3.05) is 6.54 Å². The maximum absolute atomic E-state index is 12.4. The average Bonchev–Trinajstić information content (AvgIpc) is 3.03. The van der Waals surface area contributed by atoms with Crippen LogP contribution in [0.5, 0.6) is 5.75 Å². The summed E-state index contributed by atoms with van der Waals surface area (Å²) in [5.41, 5.74) is 0.251. The first-order chi connectivity index (χ1) is 10.1. The van der Waals surface area contributed by atoms with Gasteiger partial charge in [-0.2, -0.15) is 8.78 Å². The lowest BCUT2D eigenvalue weighted by molar-refractivity contribution is -0.0501. The number of ether oxygens (including phenoxy) is 1. The van der Waals surface area contributed by atoms with Crippen LogP contribution in [0.2, 0.25) is 0 Å². The fraction of sp³-hybridized carbons (Fsp3) is 0.562. The third kappa shape index (κ3) is 3.07. The highest BCUT2D eigenvalue weighted by atomic mass is 19.3. The topological polar surface area (TPSA) is 38.3 Å². The molecule has 114 valence electrons. The molecule has 2 fully saturated rings. The zero-order valence-electron chi connectivity index (χ0n) is 11.7. The molecule has 0 amide bonds. The van der Waals surface area contributed by atoms with Crippen molar-refractivity contribution in [2.45, 2.75) is 38.3 Å². The molecule has 1 saturated heterocycles. The lowest BCUT2D eigenvalue weighted by Gasteiger charge is -2.18. The normalized spacial score (nSPS) is 27.9. The van der Waals surface area contributed by atoms with Crippen molar-refractivity contribution in [1.29, 1.82) is 0 Å². The third-order valence-electron chi connectivity index (χ3n) is 4.69. The smallest absolute Gasteiger partial charge is 0.387 e. The third-order valence-corrected chi connectivity index (χ3v) is 4.69. The Balaban J connectivity index is 1.71. The summed E-state index contributed by atoms with van der Waals surface area (Å²) in [7, 11) is 0. The van der Waals surface area contributed by atoms with Crippen molar-refractivity contribution in [2.24, 2.45) is 11.8 Å². The summed E-state index contributed by atoms with van der Waals surface area (Å²) >= 11 is 0. The Morgan fingerprint density at radius 2 is 2.14 bits per heavy atom. The van der Waals surface area contributed by atoms with Crippen LogP contribution in [0.3, 0.4) is 0 Å². The lowest BCUT2D eigenvalue weighted by Crippen LogP contribution is -2.29. The number of Topliss-reactive ketones (excluding diaryl/α,β-unsaturated/α-hetero) is 1. The van der Waals surface area contributed by atoms with Crippen LogP contribution >= 0.6 is 0 Å². The van der Waals surface area contributed by atoms with E-state index in [1.807, 2.05) is 0 Å². The number of para-hydroxylation sites is 1. The van der Waals surface area contributed by atoms with Crippen molar-refractivity contribution in [3.8, 4) is 5.75 Å². The molecule has 1 saturated carbocycles. The quantitative estimate of drug-likeness (QED) is 0.847. The molecule has 3 unspecified atom stereocenters. The molecule has 1 heterocycles. The van der Waals surface area contributed by atoms with E-state index in [1.165, 1.54) is 18.9 Å². The maximum atomic E-state index is 12.4. The van der Waals surface area contributed by atoms with E-state index < -0.39 is 6.61 Å². The second-order valence-electron chi connectivity index (χ2n) is 5.87. The number of fused-ring (bicyclic) bond motifs is 1. The number of ketones is 1. The van der Waals surface area contributed by atoms with Crippen LogP contribution in [0.15, 0.2) is 24.3 Å². The van der Waals surface area contributed by atoms with E-state index in [-0.39, 0.29) is 23.1 Å². The van der Waals surface area contributed by atoms with E-state index in [9.17, 15) is 13.6 Å². The Morgan fingerprint density at radius 1 is 1.33 bits per heavy atom. The zero-order valence-corrected chi connectivity index (χ0v) is 11.7. The fourth-order valence-corrected chi connectivity index (χ4v) is 3.73. The Kier molecular flexibility index (Phi) is 4.19. The molecular formula is C16H19F2NO2. The van der Waals surface area contributed by atoms with Crippen LogP contribution in [-0.2, 0) is 0 Å². The summed E-state index contributed by atoms with van der Waals surface area (Å²) in [6.07, 6.45) is 3.97. The molecule has 3 nitrogen and oxygen atoms in total. The lowest BCUT2D eigenvalue weighted by atomic mass is 9.90. The minimum absolute atomic E-state index is 0.0292. The van der Waals surface area contributed by atoms with Gasteiger partial charge in [0.15, 0.2) is 5.78 Å². The molecule has 1 aromatic carbocycles.